The van der Waals surface area contributed by atoms with Gasteiger partial charge >= 0.3 is 0 Å². The van der Waals surface area contributed by atoms with E-state index in [1.165, 1.54) is 5.69 Å². The Kier molecular flexibility index (Phi) is 5.87. The summed E-state index contributed by atoms with van der Waals surface area (Å²) >= 11 is 0. The summed E-state index contributed by atoms with van der Waals surface area (Å²) in [4.78, 5) is 2.09. The van der Waals surface area contributed by atoms with Gasteiger partial charge in [0.1, 0.15) is 17.1 Å². The number of hydrogen-bond donors (Lipinski definition) is 0. The van der Waals surface area contributed by atoms with Crippen LogP contribution in [-0.4, -0.2) is 32.9 Å². The van der Waals surface area contributed by atoms with Crippen molar-refractivity contribution in [2.75, 3.05) is 32.2 Å². The highest BCUT2D eigenvalue weighted by molar-refractivity contribution is 5.83. The predicted octanol–water partition coefficient (Wildman–Crippen LogP) is 6.25. The van der Waals surface area contributed by atoms with Gasteiger partial charge in [0.05, 0.1) is 12.2 Å². The molecule has 1 aromatic heterocycles. The molecule has 0 radical (unpaired) electrons. The first-order valence-corrected chi connectivity index (χ1v) is 10.6. The molecular formula is C26H31NO3. The fourth-order valence-corrected chi connectivity index (χ4v) is 3.98. The molecule has 0 spiro atoms. The minimum Gasteiger partial charge on any atom is -0.493 e. The molecule has 4 rings (SSSR count). The fourth-order valence-electron chi connectivity index (χ4n) is 3.98. The monoisotopic (exact) mass is 405 g/mol. The molecule has 1 saturated heterocycles. The second-order valence-electron chi connectivity index (χ2n) is 8.95. The van der Waals surface area contributed by atoms with E-state index < -0.39 is 0 Å². The summed E-state index contributed by atoms with van der Waals surface area (Å²) in [5.41, 5.74) is 3.13. The van der Waals surface area contributed by atoms with Gasteiger partial charge in [-0.2, -0.15) is 0 Å². The van der Waals surface area contributed by atoms with E-state index in [1.54, 1.807) is 0 Å². The number of rotatable bonds is 6. The van der Waals surface area contributed by atoms with Crippen molar-refractivity contribution >= 4 is 28.8 Å². The quantitative estimate of drug-likeness (QED) is 0.485. The first kappa shape index (κ1) is 20.5. The lowest BCUT2D eigenvalue weighted by molar-refractivity contribution is -0.0785. The Labute approximate surface area is 179 Å². The maximum atomic E-state index is 6.08. The van der Waals surface area contributed by atoms with Crippen molar-refractivity contribution in [3.8, 4) is 5.75 Å². The zero-order valence-electron chi connectivity index (χ0n) is 18.4. The Balaban J connectivity index is 1.40. The summed E-state index contributed by atoms with van der Waals surface area (Å²) in [5.74, 6) is 2.22. The first-order valence-electron chi connectivity index (χ1n) is 10.6. The molecule has 1 unspecified atom stereocenters. The van der Waals surface area contributed by atoms with E-state index in [2.05, 4.69) is 61.2 Å². The van der Waals surface area contributed by atoms with Crippen LogP contribution in [0.1, 0.15) is 38.0 Å². The van der Waals surface area contributed by atoms with Crippen LogP contribution in [0, 0.1) is 5.92 Å². The second-order valence-corrected chi connectivity index (χ2v) is 8.95. The van der Waals surface area contributed by atoms with E-state index in [-0.39, 0.29) is 5.60 Å². The van der Waals surface area contributed by atoms with Crippen molar-refractivity contribution in [3.05, 3.63) is 59.9 Å². The number of fused-ring (bicyclic) bond motifs is 1. The predicted molar refractivity (Wildman–Crippen MR) is 124 cm³/mol. The maximum absolute atomic E-state index is 6.08. The van der Waals surface area contributed by atoms with Crippen molar-refractivity contribution in [3.63, 3.8) is 0 Å². The zero-order chi connectivity index (χ0) is 21.1. The first-order chi connectivity index (χ1) is 14.4. The normalized spacial score (nSPS) is 18.7. The molecule has 4 heteroatoms. The second kappa shape index (κ2) is 8.57. The largest absolute Gasteiger partial charge is 0.493 e. The summed E-state index contributed by atoms with van der Waals surface area (Å²) in [7, 11) is 4.09. The summed E-state index contributed by atoms with van der Waals surface area (Å²) in [6, 6.07) is 16.6. The van der Waals surface area contributed by atoms with E-state index in [1.807, 2.05) is 32.3 Å². The highest BCUT2D eigenvalue weighted by Gasteiger charge is 2.29. The minimum atomic E-state index is -0.0503. The Bertz CT molecular complexity index is 1010. The van der Waals surface area contributed by atoms with Crippen molar-refractivity contribution in [2.24, 2.45) is 5.92 Å². The Morgan fingerprint density at radius 3 is 2.60 bits per heavy atom. The lowest BCUT2D eigenvalue weighted by Gasteiger charge is -2.35. The van der Waals surface area contributed by atoms with Gasteiger partial charge in [0.25, 0.3) is 0 Å². The molecule has 0 saturated carbocycles. The minimum absolute atomic E-state index is 0.0503. The fraction of sp³-hybridized carbons (Fsp3) is 0.385. The highest BCUT2D eigenvalue weighted by Crippen LogP contribution is 2.30. The van der Waals surface area contributed by atoms with Gasteiger partial charge in [-0.1, -0.05) is 18.2 Å². The van der Waals surface area contributed by atoms with Crippen molar-refractivity contribution in [1.29, 1.82) is 0 Å². The molecule has 0 N–H and O–H groups in total. The van der Waals surface area contributed by atoms with Crippen LogP contribution in [0.5, 0.6) is 5.75 Å². The average Bonchev–Trinajstić information content (AvgIpc) is 3.12. The molecule has 0 bridgehead atoms. The number of ether oxygens (including phenoxy) is 2. The van der Waals surface area contributed by atoms with Crippen molar-refractivity contribution in [2.45, 2.75) is 32.3 Å². The molecule has 4 nitrogen and oxygen atoms in total. The molecule has 30 heavy (non-hydrogen) atoms. The molecular weight excluding hydrogens is 374 g/mol. The molecule has 0 amide bonds. The lowest BCUT2D eigenvalue weighted by Crippen LogP contribution is -2.36. The van der Waals surface area contributed by atoms with Crippen LogP contribution in [0.4, 0.5) is 5.69 Å². The van der Waals surface area contributed by atoms with Gasteiger partial charge in [0, 0.05) is 37.8 Å². The smallest absolute Gasteiger partial charge is 0.138 e. The van der Waals surface area contributed by atoms with Crippen LogP contribution in [0.2, 0.25) is 0 Å². The topological polar surface area (TPSA) is 34.8 Å². The maximum Gasteiger partial charge on any atom is 0.138 e. The summed E-state index contributed by atoms with van der Waals surface area (Å²) < 4.78 is 17.9. The Morgan fingerprint density at radius 2 is 1.87 bits per heavy atom. The van der Waals surface area contributed by atoms with Gasteiger partial charge in [-0.15, -0.1) is 0 Å². The molecule has 158 valence electrons. The van der Waals surface area contributed by atoms with Crippen LogP contribution >= 0.6 is 0 Å². The van der Waals surface area contributed by atoms with Gasteiger partial charge < -0.3 is 18.8 Å². The highest BCUT2D eigenvalue weighted by atomic mass is 16.5. The number of benzene rings is 2. The molecule has 1 aliphatic rings. The van der Waals surface area contributed by atoms with E-state index in [4.69, 9.17) is 13.9 Å². The average molecular weight is 406 g/mol. The third-order valence-corrected chi connectivity index (χ3v) is 5.64. The van der Waals surface area contributed by atoms with Crippen molar-refractivity contribution in [1.82, 2.24) is 0 Å². The van der Waals surface area contributed by atoms with Gasteiger partial charge in [-0.25, -0.2) is 0 Å². The summed E-state index contributed by atoms with van der Waals surface area (Å²) in [6.45, 7) is 5.83. The van der Waals surface area contributed by atoms with Gasteiger partial charge in [-0.05, 0) is 74.6 Å². The number of nitrogens with zero attached hydrogens (tertiary/aromatic N) is 1. The molecule has 0 aliphatic carbocycles. The third kappa shape index (κ3) is 5.06. The van der Waals surface area contributed by atoms with E-state index >= 15 is 0 Å². The lowest BCUT2D eigenvalue weighted by atomic mass is 9.89. The SMILES string of the molecule is CN(C)c1ccc(/C=C/c2cc3ccc(OCC4CCOC(C)(C)C4)cc3o2)cc1. The number of furan rings is 1. The number of hydrogen-bond acceptors (Lipinski definition) is 4. The Hall–Kier alpha value is -2.72. The van der Waals surface area contributed by atoms with Crippen LogP contribution in [0.3, 0.4) is 0 Å². The number of anilines is 1. The molecule has 1 aliphatic heterocycles. The van der Waals surface area contributed by atoms with Crippen LogP contribution in [-0.2, 0) is 4.74 Å². The zero-order valence-corrected chi connectivity index (χ0v) is 18.4. The van der Waals surface area contributed by atoms with Gasteiger partial charge in [0.2, 0.25) is 0 Å². The molecule has 2 aromatic carbocycles. The van der Waals surface area contributed by atoms with E-state index in [0.29, 0.717) is 12.5 Å². The molecule has 3 aromatic rings. The van der Waals surface area contributed by atoms with Gasteiger partial charge in [0.15, 0.2) is 0 Å². The van der Waals surface area contributed by atoms with Crippen molar-refractivity contribution < 1.29 is 13.9 Å². The van der Waals surface area contributed by atoms with E-state index in [9.17, 15) is 0 Å². The molecule has 1 atom stereocenters. The van der Waals surface area contributed by atoms with Crippen LogP contribution in [0.15, 0.2) is 52.9 Å². The third-order valence-electron chi connectivity index (χ3n) is 5.64. The standard InChI is InChI=1S/C26H31NO3/c1-26(2)17-20(13-14-29-26)18-28-23-12-8-21-15-24(30-25(21)16-23)11-7-19-5-9-22(10-6-19)27(3)4/h5-12,15-16,20H,13-14,17-18H2,1-4H3/b11-7+. The van der Waals surface area contributed by atoms with Crippen LogP contribution < -0.4 is 9.64 Å². The van der Waals surface area contributed by atoms with Crippen LogP contribution in [0.25, 0.3) is 23.1 Å². The van der Waals surface area contributed by atoms with E-state index in [0.717, 1.165) is 47.5 Å². The summed E-state index contributed by atoms with van der Waals surface area (Å²) in [6.07, 6.45) is 6.16. The van der Waals surface area contributed by atoms with Gasteiger partial charge in [-0.3, -0.25) is 0 Å². The summed E-state index contributed by atoms with van der Waals surface area (Å²) in [5, 5.41) is 1.08. The molecule has 1 fully saturated rings. The Morgan fingerprint density at radius 1 is 1.07 bits per heavy atom. The molecule has 2 heterocycles.